The third kappa shape index (κ3) is 13.0. The Kier molecular flexibility index (Phi) is 11.4. The summed E-state index contributed by atoms with van der Waals surface area (Å²) in [6, 6.07) is 7.73. The minimum absolute atomic E-state index is 0.0506. The molecule has 0 saturated carbocycles. The number of ketones is 1. The van der Waals surface area contributed by atoms with Crippen LogP contribution in [0.15, 0.2) is 36.4 Å². The Bertz CT molecular complexity index is 1450. The average molecular weight is 647 g/mol. The lowest BCUT2D eigenvalue weighted by atomic mass is 10.0. The quantitative estimate of drug-likeness (QED) is 0.128. The van der Waals surface area contributed by atoms with Crippen molar-refractivity contribution in [1.82, 2.24) is 0 Å². The monoisotopic (exact) mass is 646 g/mol. The van der Waals surface area contributed by atoms with Crippen LogP contribution in [0, 0.1) is 0 Å². The van der Waals surface area contributed by atoms with E-state index in [9.17, 15) is 24.0 Å². The third-order valence-electron chi connectivity index (χ3n) is 4.76. The van der Waals surface area contributed by atoms with Gasteiger partial charge in [-0.05, 0) is 119 Å². The largest absolute Gasteiger partial charge is 0.514 e. The van der Waals surface area contributed by atoms with Gasteiger partial charge in [0.15, 0.2) is 17.3 Å². The van der Waals surface area contributed by atoms with E-state index in [0.29, 0.717) is 0 Å². The molecule has 0 bridgehead atoms. The number of rotatable bonds is 6. The van der Waals surface area contributed by atoms with Gasteiger partial charge in [0, 0.05) is 5.56 Å². The van der Waals surface area contributed by atoms with E-state index in [1.807, 2.05) is 0 Å². The van der Waals surface area contributed by atoms with Crippen molar-refractivity contribution in [2.75, 3.05) is 0 Å². The van der Waals surface area contributed by atoms with E-state index in [2.05, 4.69) is 0 Å². The SMILES string of the molecule is CC(C)(C)OC(=O)Oc1ccc(C(=O)c2ccc(OC(=O)OC(C)(C)C)c(OC(=O)OC(C)(C)C)c2OC(=O)OC(C)(C)C)cc1. The summed E-state index contributed by atoms with van der Waals surface area (Å²) >= 11 is 0. The summed E-state index contributed by atoms with van der Waals surface area (Å²) in [5, 5.41) is 0. The average Bonchev–Trinajstić information content (AvgIpc) is 2.81. The molecule has 0 heterocycles. The number of hydrogen-bond donors (Lipinski definition) is 0. The van der Waals surface area contributed by atoms with Gasteiger partial charge < -0.3 is 37.9 Å². The molecule has 0 aliphatic carbocycles. The molecule has 46 heavy (non-hydrogen) atoms. The van der Waals surface area contributed by atoms with Gasteiger partial charge >= 0.3 is 24.6 Å². The molecule has 0 saturated heterocycles. The van der Waals surface area contributed by atoms with E-state index in [0.717, 1.165) is 6.07 Å². The van der Waals surface area contributed by atoms with Crippen molar-refractivity contribution in [2.45, 2.75) is 105 Å². The molecule has 2 aromatic rings. The lowest BCUT2D eigenvalue weighted by Gasteiger charge is -2.23. The number of carbonyl (C=O) groups excluding carboxylic acids is 5. The van der Waals surface area contributed by atoms with Crippen molar-refractivity contribution in [1.29, 1.82) is 0 Å². The summed E-state index contributed by atoms with van der Waals surface area (Å²) < 4.78 is 42.1. The first-order valence-electron chi connectivity index (χ1n) is 14.3. The maximum atomic E-state index is 13.8. The maximum absolute atomic E-state index is 13.8. The number of benzene rings is 2. The Hall–Kier alpha value is -4.81. The van der Waals surface area contributed by atoms with E-state index < -0.39 is 70.1 Å². The lowest BCUT2D eigenvalue weighted by molar-refractivity contribution is 0.0105. The minimum atomic E-state index is -1.26. The topological polar surface area (TPSA) is 159 Å². The fourth-order valence-electron chi connectivity index (χ4n) is 3.27. The molecule has 0 aromatic heterocycles. The molecule has 0 fully saturated rings. The Morgan fingerprint density at radius 1 is 0.435 bits per heavy atom. The maximum Gasteiger partial charge on any atom is 0.514 e. The molecule has 2 aromatic carbocycles. The van der Waals surface area contributed by atoms with Crippen molar-refractivity contribution in [3.8, 4) is 23.0 Å². The van der Waals surface area contributed by atoms with Crippen molar-refractivity contribution in [3.63, 3.8) is 0 Å². The molecular formula is C33H42O13. The van der Waals surface area contributed by atoms with Crippen LogP contribution in [-0.4, -0.2) is 52.8 Å². The summed E-state index contributed by atoms with van der Waals surface area (Å²) in [5.41, 5.74) is -3.99. The fourth-order valence-corrected chi connectivity index (χ4v) is 3.27. The summed E-state index contributed by atoms with van der Waals surface area (Å²) in [7, 11) is 0. The highest BCUT2D eigenvalue weighted by Crippen LogP contribution is 2.42. The second-order valence-corrected chi connectivity index (χ2v) is 13.9. The molecule has 0 N–H and O–H groups in total. The Balaban J connectivity index is 2.65. The number of carbonyl (C=O) groups is 5. The number of hydrogen-bond acceptors (Lipinski definition) is 13. The van der Waals surface area contributed by atoms with Gasteiger partial charge in [0.2, 0.25) is 5.75 Å². The van der Waals surface area contributed by atoms with E-state index in [-0.39, 0.29) is 16.9 Å². The van der Waals surface area contributed by atoms with Crippen molar-refractivity contribution in [2.24, 2.45) is 0 Å². The zero-order valence-electron chi connectivity index (χ0n) is 28.3. The summed E-state index contributed by atoms with van der Waals surface area (Å²) in [6.45, 7) is 19.4. The first-order valence-corrected chi connectivity index (χ1v) is 14.3. The normalized spacial score (nSPS) is 11.9. The highest BCUT2D eigenvalue weighted by molar-refractivity contribution is 6.12. The van der Waals surface area contributed by atoms with Crippen LogP contribution in [0.25, 0.3) is 0 Å². The van der Waals surface area contributed by atoms with E-state index in [1.54, 1.807) is 83.1 Å². The van der Waals surface area contributed by atoms with E-state index >= 15 is 0 Å². The molecule has 252 valence electrons. The zero-order chi connectivity index (χ0) is 35.3. The molecular weight excluding hydrogens is 604 g/mol. The van der Waals surface area contributed by atoms with Gasteiger partial charge in [0.1, 0.15) is 28.2 Å². The summed E-state index contributed by atoms with van der Waals surface area (Å²) in [5.74, 6) is -2.32. The van der Waals surface area contributed by atoms with Crippen LogP contribution < -0.4 is 18.9 Å². The van der Waals surface area contributed by atoms with Crippen molar-refractivity contribution >= 4 is 30.4 Å². The molecule has 0 spiro atoms. The van der Waals surface area contributed by atoms with Gasteiger partial charge in [-0.2, -0.15) is 0 Å². The van der Waals surface area contributed by atoms with E-state index in [4.69, 9.17) is 37.9 Å². The van der Waals surface area contributed by atoms with Gasteiger partial charge in [-0.1, -0.05) is 0 Å². The second-order valence-electron chi connectivity index (χ2n) is 13.9. The second kappa shape index (κ2) is 14.1. The predicted octanol–water partition coefficient (Wildman–Crippen LogP) is 8.17. The van der Waals surface area contributed by atoms with Crippen molar-refractivity contribution in [3.05, 3.63) is 47.5 Å². The molecule has 0 radical (unpaired) electrons. The Labute approximate surface area is 268 Å². The van der Waals surface area contributed by atoms with Crippen molar-refractivity contribution < 1.29 is 61.9 Å². The molecule has 0 unspecified atom stereocenters. The van der Waals surface area contributed by atoms with Crippen LogP contribution >= 0.6 is 0 Å². The smallest absolute Gasteiger partial charge is 0.428 e. The fraction of sp³-hybridized carbons (Fsp3) is 0.485. The van der Waals surface area contributed by atoms with Gasteiger partial charge in [0.05, 0.1) is 5.56 Å². The van der Waals surface area contributed by atoms with Crippen LogP contribution in [0.2, 0.25) is 0 Å². The summed E-state index contributed by atoms with van der Waals surface area (Å²) in [4.78, 5) is 64.1. The Morgan fingerprint density at radius 3 is 1.22 bits per heavy atom. The molecule has 0 atom stereocenters. The molecule has 0 aliphatic rings. The van der Waals surface area contributed by atoms with Crippen LogP contribution in [0.3, 0.4) is 0 Å². The standard InChI is InChI=1S/C33H42O13/c1-30(2,3)43-26(35)39-20-15-13-19(14-16-20)23(34)21-17-18-22(40-27(36)44-31(4,5)6)25(42-29(38)46-33(10,11)12)24(21)41-28(37)45-32(7,8)9/h13-18H,1-12H3. The minimum Gasteiger partial charge on any atom is -0.428 e. The molecule has 2 rings (SSSR count). The van der Waals surface area contributed by atoms with Gasteiger partial charge in [-0.15, -0.1) is 0 Å². The summed E-state index contributed by atoms with van der Waals surface area (Å²) in [6.07, 6.45) is -4.64. The van der Waals surface area contributed by atoms with Gasteiger partial charge in [-0.3, -0.25) is 4.79 Å². The first-order chi connectivity index (χ1) is 20.8. The molecule has 0 aliphatic heterocycles. The highest BCUT2D eigenvalue weighted by Gasteiger charge is 2.32. The van der Waals surface area contributed by atoms with Crippen LogP contribution in [0.1, 0.15) is 99.0 Å². The van der Waals surface area contributed by atoms with Crippen LogP contribution in [-0.2, 0) is 18.9 Å². The van der Waals surface area contributed by atoms with Crippen LogP contribution in [0.5, 0.6) is 23.0 Å². The predicted molar refractivity (Wildman–Crippen MR) is 164 cm³/mol. The van der Waals surface area contributed by atoms with E-state index in [1.165, 1.54) is 30.3 Å². The highest BCUT2D eigenvalue weighted by atomic mass is 16.8. The first kappa shape index (κ1) is 37.4. The zero-order valence-corrected chi connectivity index (χ0v) is 28.3. The molecule has 13 nitrogen and oxygen atoms in total. The van der Waals surface area contributed by atoms with Gasteiger partial charge in [0.25, 0.3) is 0 Å². The molecule has 13 heteroatoms. The van der Waals surface area contributed by atoms with Gasteiger partial charge in [-0.25, -0.2) is 19.2 Å². The van der Waals surface area contributed by atoms with Crippen LogP contribution in [0.4, 0.5) is 19.2 Å². The third-order valence-corrected chi connectivity index (χ3v) is 4.76. The number of ether oxygens (including phenoxy) is 8. The Morgan fingerprint density at radius 2 is 0.804 bits per heavy atom. The molecule has 0 amide bonds. The lowest BCUT2D eigenvalue weighted by Crippen LogP contribution is -2.29.